The van der Waals surface area contributed by atoms with Crippen molar-refractivity contribution in [3.8, 4) is 5.75 Å². The standard InChI is InChI=1S/C24H30N4O3/c1-24(19-10-8-11-20(15-19)31-3)22(29)28(23(30)25-24)17-26(2)16-18-9-4-5-12-21(18)27-13-6-7-14-27/h4-5,8-12,15H,6-7,13-14,16-17H2,1-3H3,(H,25,30)/p+1/t24-/m1/s1. The van der Waals surface area contributed by atoms with Crippen LogP contribution in [-0.2, 0) is 16.9 Å². The Morgan fingerprint density at radius 1 is 1.10 bits per heavy atom. The maximum atomic E-state index is 13.3. The summed E-state index contributed by atoms with van der Waals surface area (Å²) in [7, 11) is 3.60. The van der Waals surface area contributed by atoms with Gasteiger partial charge in [-0.25, -0.2) is 9.69 Å². The first-order valence-electron chi connectivity index (χ1n) is 10.8. The van der Waals surface area contributed by atoms with Crippen molar-refractivity contribution >= 4 is 17.6 Å². The number of methoxy groups -OCH3 is 1. The van der Waals surface area contributed by atoms with Crippen LogP contribution in [0, 0.1) is 0 Å². The highest BCUT2D eigenvalue weighted by molar-refractivity contribution is 6.07. The molecule has 7 heteroatoms. The van der Waals surface area contributed by atoms with Gasteiger partial charge in [-0.1, -0.05) is 30.3 Å². The third-order valence-electron chi connectivity index (χ3n) is 6.28. The molecule has 0 aliphatic carbocycles. The van der Waals surface area contributed by atoms with E-state index in [9.17, 15) is 9.59 Å². The van der Waals surface area contributed by atoms with Crippen molar-refractivity contribution in [2.45, 2.75) is 31.8 Å². The normalized spacial score (nSPS) is 22.0. The number of quaternary nitrogens is 1. The molecule has 0 saturated carbocycles. The molecule has 164 valence electrons. The summed E-state index contributed by atoms with van der Waals surface area (Å²) >= 11 is 0. The Balaban J connectivity index is 1.48. The lowest BCUT2D eigenvalue weighted by Crippen LogP contribution is -3.09. The van der Waals surface area contributed by atoms with E-state index < -0.39 is 5.54 Å². The van der Waals surface area contributed by atoms with Gasteiger partial charge in [-0.2, -0.15) is 0 Å². The lowest BCUT2D eigenvalue weighted by atomic mass is 9.92. The Morgan fingerprint density at radius 2 is 1.84 bits per heavy atom. The van der Waals surface area contributed by atoms with Gasteiger partial charge in [-0.15, -0.1) is 0 Å². The molecule has 2 N–H and O–H groups in total. The lowest BCUT2D eigenvalue weighted by molar-refractivity contribution is -0.901. The number of anilines is 1. The first-order chi connectivity index (χ1) is 14.9. The first kappa shape index (κ1) is 21.2. The summed E-state index contributed by atoms with van der Waals surface area (Å²) in [6.07, 6.45) is 2.45. The van der Waals surface area contributed by atoms with Gasteiger partial charge in [0, 0.05) is 24.3 Å². The molecule has 2 heterocycles. The number of nitrogens with one attached hydrogen (secondary N) is 2. The number of urea groups is 1. The largest absolute Gasteiger partial charge is 0.497 e. The molecule has 2 saturated heterocycles. The number of rotatable bonds is 7. The molecule has 2 aromatic rings. The van der Waals surface area contributed by atoms with Crippen molar-refractivity contribution in [1.82, 2.24) is 10.2 Å². The predicted octanol–water partition coefficient (Wildman–Crippen LogP) is 1.73. The SMILES string of the molecule is COc1cccc([C@@]2(C)NC(=O)N(C[NH+](C)Cc3ccccc3N3CCCC3)C2=O)c1. The minimum atomic E-state index is -1.10. The molecule has 3 amide bonds. The zero-order valence-corrected chi connectivity index (χ0v) is 18.5. The number of carbonyl (C=O) groups excluding carboxylic acids is 2. The van der Waals surface area contributed by atoms with E-state index in [1.165, 1.54) is 29.0 Å². The molecular formula is C24H31N4O3+. The molecule has 2 fully saturated rings. The number of hydrogen-bond acceptors (Lipinski definition) is 4. The average Bonchev–Trinajstić information content (AvgIpc) is 3.38. The summed E-state index contributed by atoms with van der Waals surface area (Å²) in [5.74, 6) is 0.415. The Bertz CT molecular complexity index is 973. The summed E-state index contributed by atoms with van der Waals surface area (Å²) in [4.78, 5) is 30.8. The number of benzene rings is 2. The smallest absolute Gasteiger partial charge is 0.329 e. The zero-order chi connectivity index (χ0) is 22.0. The zero-order valence-electron chi connectivity index (χ0n) is 18.5. The van der Waals surface area contributed by atoms with Gasteiger partial charge in [-0.05, 0) is 43.5 Å². The quantitative estimate of drug-likeness (QED) is 0.666. The van der Waals surface area contributed by atoms with E-state index in [0.717, 1.165) is 24.5 Å². The number of amides is 3. The molecule has 2 aliphatic heterocycles. The fourth-order valence-corrected chi connectivity index (χ4v) is 4.55. The molecule has 0 spiro atoms. The van der Waals surface area contributed by atoms with Gasteiger partial charge in [-0.3, -0.25) is 4.79 Å². The van der Waals surface area contributed by atoms with E-state index in [1.54, 1.807) is 20.1 Å². The molecule has 0 bridgehead atoms. The van der Waals surface area contributed by atoms with Gasteiger partial charge in [0.1, 0.15) is 17.8 Å². The Kier molecular flexibility index (Phi) is 5.87. The van der Waals surface area contributed by atoms with Crippen molar-refractivity contribution in [3.05, 3.63) is 59.7 Å². The number of carbonyl (C=O) groups is 2. The molecule has 2 aromatic carbocycles. The number of imide groups is 1. The van der Waals surface area contributed by atoms with E-state index in [1.807, 2.05) is 25.2 Å². The fraction of sp³-hybridized carbons (Fsp3) is 0.417. The monoisotopic (exact) mass is 423 g/mol. The van der Waals surface area contributed by atoms with Crippen molar-refractivity contribution in [2.75, 3.05) is 38.8 Å². The van der Waals surface area contributed by atoms with Crippen LogP contribution in [-0.4, -0.2) is 50.8 Å². The van der Waals surface area contributed by atoms with Gasteiger partial charge in [0.15, 0.2) is 6.67 Å². The average molecular weight is 424 g/mol. The number of para-hydroxylation sites is 1. The molecular weight excluding hydrogens is 392 g/mol. The van der Waals surface area contributed by atoms with Crippen molar-refractivity contribution in [1.29, 1.82) is 0 Å². The van der Waals surface area contributed by atoms with Crippen LogP contribution in [0.4, 0.5) is 10.5 Å². The predicted molar refractivity (Wildman–Crippen MR) is 119 cm³/mol. The van der Waals surface area contributed by atoms with Crippen molar-refractivity contribution in [3.63, 3.8) is 0 Å². The molecule has 2 atom stereocenters. The van der Waals surface area contributed by atoms with E-state index in [4.69, 9.17) is 4.74 Å². The van der Waals surface area contributed by atoms with Gasteiger partial charge >= 0.3 is 6.03 Å². The summed E-state index contributed by atoms with van der Waals surface area (Å²) in [5.41, 5.74) is 2.12. The topological polar surface area (TPSA) is 66.3 Å². The van der Waals surface area contributed by atoms with Crippen LogP contribution >= 0.6 is 0 Å². The van der Waals surface area contributed by atoms with Gasteiger partial charge in [0.25, 0.3) is 5.91 Å². The molecule has 0 radical (unpaired) electrons. The number of nitrogens with zero attached hydrogens (tertiary/aromatic N) is 2. The maximum absolute atomic E-state index is 13.3. The lowest BCUT2D eigenvalue weighted by Gasteiger charge is -2.25. The molecule has 31 heavy (non-hydrogen) atoms. The van der Waals surface area contributed by atoms with Crippen molar-refractivity contribution in [2.24, 2.45) is 0 Å². The highest BCUT2D eigenvalue weighted by Gasteiger charge is 2.50. The van der Waals surface area contributed by atoms with E-state index in [0.29, 0.717) is 18.0 Å². The maximum Gasteiger partial charge on any atom is 0.329 e. The Hall–Kier alpha value is -3.06. The fourth-order valence-electron chi connectivity index (χ4n) is 4.55. The van der Waals surface area contributed by atoms with Crippen LogP contribution in [0.5, 0.6) is 5.75 Å². The summed E-state index contributed by atoms with van der Waals surface area (Å²) < 4.78 is 5.29. The van der Waals surface area contributed by atoms with Crippen molar-refractivity contribution < 1.29 is 19.2 Å². The van der Waals surface area contributed by atoms with Crippen LogP contribution in [0.25, 0.3) is 0 Å². The van der Waals surface area contributed by atoms with Gasteiger partial charge in [0.2, 0.25) is 0 Å². The molecule has 7 nitrogen and oxygen atoms in total. The molecule has 0 aromatic heterocycles. The number of ether oxygens (including phenoxy) is 1. The summed E-state index contributed by atoms with van der Waals surface area (Å²) in [5, 5.41) is 2.88. The number of hydrogen-bond donors (Lipinski definition) is 2. The minimum absolute atomic E-state index is 0.238. The second-order valence-electron chi connectivity index (χ2n) is 8.64. The van der Waals surface area contributed by atoms with Crippen LogP contribution in [0.3, 0.4) is 0 Å². The first-order valence-corrected chi connectivity index (χ1v) is 10.8. The van der Waals surface area contributed by atoms with Crippen LogP contribution in [0.2, 0.25) is 0 Å². The van der Waals surface area contributed by atoms with Gasteiger partial charge < -0.3 is 19.9 Å². The highest BCUT2D eigenvalue weighted by atomic mass is 16.5. The Morgan fingerprint density at radius 3 is 2.58 bits per heavy atom. The van der Waals surface area contributed by atoms with Crippen LogP contribution in [0.1, 0.15) is 30.9 Å². The summed E-state index contributed by atoms with van der Waals surface area (Å²) in [6.45, 7) is 4.96. The molecule has 4 rings (SSSR count). The minimum Gasteiger partial charge on any atom is -0.497 e. The van der Waals surface area contributed by atoms with E-state index in [2.05, 4.69) is 34.5 Å². The highest BCUT2D eigenvalue weighted by Crippen LogP contribution is 2.30. The van der Waals surface area contributed by atoms with Crippen LogP contribution < -0.4 is 19.9 Å². The third-order valence-corrected chi connectivity index (χ3v) is 6.28. The van der Waals surface area contributed by atoms with E-state index >= 15 is 0 Å². The summed E-state index contributed by atoms with van der Waals surface area (Å²) in [6, 6.07) is 15.4. The second kappa shape index (κ2) is 8.59. The van der Waals surface area contributed by atoms with Gasteiger partial charge in [0.05, 0.1) is 14.2 Å². The molecule has 2 aliphatic rings. The van der Waals surface area contributed by atoms with Crippen LogP contribution in [0.15, 0.2) is 48.5 Å². The Labute approximate surface area is 183 Å². The second-order valence-corrected chi connectivity index (χ2v) is 8.64. The van der Waals surface area contributed by atoms with E-state index in [-0.39, 0.29) is 11.9 Å². The third kappa shape index (κ3) is 4.10. The molecule has 1 unspecified atom stereocenters.